The van der Waals surface area contributed by atoms with Crippen molar-refractivity contribution in [3.8, 4) is 11.5 Å². The van der Waals surface area contributed by atoms with Crippen molar-refractivity contribution in [1.29, 1.82) is 0 Å². The average Bonchev–Trinajstić information content (AvgIpc) is 3.12. The molecular weight excluding hydrogens is 579 g/mol. The SMILES string of the molecule is O=C(CN1C(=O)S/C(=C/c2ccc(OCCOc3ccccc3)cc2)C1=O)Nc1ccc(I)cc1. The first kappa shape index (κ1) is 24.8. The van der Waals surface area contributed by atoms with Crippen LogP contribution in [0.15, 0.2) is 83.8 Å². The van der Waals surface area contributed by atoms with Crippen LogP contribution in [0.2, 0.25) is 0 Å². The number of imide groups is 1. The first-order valence-electron chi connectivity index (χ1n) is 10.7. The molecule has 0 bridgehead atoms. The van der Waals surface area contributed by atoms with Gasteiger partial charge in [0.05, 0.1) is 4.91 Å². The molecule has 3 aromatic carbocycles. The summed E-state index contributed by atoms with van der Waals surface area (Å²) in [6, 6.07) is 23.9. The summed E-state index contributed by atoms with van der Waals surface area (Å²) >= 11 is 2.98. The third-order valence-corrected chi connectivity index (χ3v) is 6.47. The molecule has 0 aliphatic carbocycles. The van der Waals surface area contributed by atoms with E-state index in [0.29, 0.717) is 24.7 Å². The number of nitrogens with one attached hydrogen (secondary N) is 1. The molecule has 1 aliphatic heterocycles. The number of carbonyl (C=O) groups excluding carboxylic acids is 3. The van der Waals surface area contributed by atoms with Crippen molar-refractivity contribution in [1.82, 2.24) is 4.90 Å². The molecule has 1 aliphatic rings. The largest absolute Gasteiger partial charge is 0.490 e. The van der Waals surface area contributed by atoms with Gasteiger partial charge in [0.25, 0.3) is 11.1 Å². The number of amides is 3. The summed E-state index contributed by atoms with van der Waals surface area (Å²) in [5.74, 6) is 0.524. The number of halogens is 1. The number of benzene rings is 3. The molecule has 4 rings (SSSR count). The summed E-state index contributed by atoms with van der Waals surface area (Å²) in [7, 11) is 0. The first-order valence-corrected chi connectivity index (χ1v) is 12.6. The van der Waals surface area contributed by atoms with Gasteiger partial charge in [-0.25, -0.2) is 0 Å². The van der Waals surface area contributed by atoms with E-state index >= 15 is 0 Å². The van der Waals surface area contributed by atoms with Crippen molar-refractivity contribution in [3.05, 3.63) is 92.9 Å². The Morgan fingerprint density at radius 1 is 0.886 bits per heavy atom. The van der Waals surface area contributed by atoms with Gasteiger partial charge in [0.15, 0.2) is 0 Å². The zero-order chi connectivity index (χ0) is 24.6. The second-order valence-corrected chi connectivity index (χ2v) is 9.64. The van der Waals surface area contributed by atoms with Crippen molar-refractivity contribution in [3.63, 3.8) is 0 Å². The lowest BCUT2D eigenvalue weighted by atomic mass is 10.2. The zero-order valence-electron chi connectivity index (χ0n) is 18.5. The van der Waals surface area contributed by atoms with E-state index < -0.39 is 17.1 Å². The Kier molecular flexibility index (Phi) is 8.43. The molecule has 1 heterocycles. The van der Waals surface area contributed by atoms with E-state index in [1.54, 1.807) is 42.5 Å². The van der Waals surface area contributed by atoms with E-state index in [1.807, 2.05) is 42.5 Å². The minimum absolute atomic E-state index is 0.266. The number of anilines is 1. The van der Waals surface area contributed by atoms with Gasteiger partial charge in [-0.1, -0.05) is 30.3 Å². The number of ether oxygens (including phenoxy) is 2. The lowest BCUT2D eigenvalue weighted by Gasteiger charge is -2.12. The molecule has 0 aromatic heterocycles. The number of carbonyl (C=O) groups is 3. The Balaban J connectivity index is 1.28. The molecule has 35 heavy (non-hydrogen) atoms. The van der Waals surface area contributed by atoms with Crippen LogP contribution in [-0.4, -0.2) is 41.7 Å². The highest BCUT2D eigenvalue weighted by Gasteiger charge is 2.36. The van der Waals surface area contributed by atoms with Gasteiger partial charge < -0.3 is 14.8 Å². The average molecular weight is 600 g/mol. The molecule has 0 radical (unpaired) electrons. The van der Waals surface area contributed by atoms with Gasteiger partial charge in [-0.2, -0.15) is 0 Å². The molecule has 0 atom stereocenters. The van der Waals surface area contributed by atoms with Gasteiger partial charge in [0.1, 0.15) is 31.3 Å². The lowest BCUT2D eigenvalue weighted by Crippen LogP contribution is -2.36. The van der Waals surface area contributed by atoms with E-state index in [0.717, 1.165) is 31.5 Å². The number of hydrogen-bond acceptors (Lipinski definition) is 6. The maximum atomic E-state index is 12.7. The molecule has 1 saturated heterocycles. The summed E-state index contributed by atoms with van der Waals surface area (Å²) in [4.78, 5) is 38.6. The molecule has 0 spiro atoms. The zero-order valence-corrected chi connectivity index (χ0v) is 21.5. The Hall–Kier alpha value is -3.31. The summed E-state index contributed by atoms with van der Waals surface area (Å²) in [6.07, 6.45) is 1.63. The van der Waals surface area contributed by atoms with Gasteiger partial charge in [-0.15, -0.1) is 0 Å². The molecule has 3 aromatic rings. The van der Waals surface area contributed by atoms with Crippen LogP contribution in [0.1, 0.15) is 5.56 Å². The Labute approximate surface area is 220 Å². The minimum atomic E-state index is -0.490. The highest BCUT2D eigenvalue weighted by molar-refractivity contribution is 14.1. The van der Waals surface area contributed by atoms with Crippen molar-refractivity contribution >= 4 is 63.2 Å². The molecular formula is C26H21IN2O5S. The number of hydrogen-bond donors (Lipinski definition) is 1. The van der Waals surface area contributed by atoms with Gasteiger partial charge in [-0.3, -0.25) is 19.3 Å². The van der Waals surface area contributed by atoms with E-state index in [-0.39, 0.29) is 11.4 Å². The van der Waals surface area contributed by atoms with Crippen molar-refractivity contribution in [2.45, 2.75) is 0 Å². The summed E-state index contributed by atoms with van der Waals surface area (Å²) in [6.45, 7) is 0.458. The molecule has 0 unspecified atom stereocenters. The fraction of sp³-hybridized carbons (Fsp3) is 0.115. The molecule has 1 N–H and O–H groups in total. The smallest absolute Gasteiger partial charge is 0.294 e. The van der Waals surface area contributed by atoms with Gasteiger partial charge in [-0.05, 0) is 94.5 Å². The van der Waals surface area contributed by atoms with E-state index in [2.05, 4.69) is 27.9 Å². The van der Waals surface area contributed by atoms with Gasteiger partial charge >= 0.3 is 0 Å². The normalized spacial score (nSPS) is 14.3. The van der Waals surface area contributed by atoms with E-state index in [9.17, 15) is 14.4 Å². The minimum Gasteiger partial charge on any atom is -0.490 e. The highest BCUT2D eigenvalue weighted by atomic mass is 127. The van der Waals surface area contributed by atoms with Crippen LogP contribution >= 0.6 is 34.4 Å². The number of thioether (sulfide) groups is 1. The maximum Gasteiger partial charge on any atom is 0.294 e. The number of para-hydroxylation sites is 1. The number of rotatable bonds is 9. The third-order valence-electron chi connectivity index (χ3n) is 4.85. The fourth-order valence-electron chi connectivity index (χ4n) is 3.16. The third kappa shape index (κ3) is 7.09. The van der Waals surface area contributed by atoms with Gasteiger partial charge in [0.2, 0.25) is 5.91 Å². The topological polar surface area (TPSA) is 84.9 Å². The van der Waals surface area contributed by atoms with Crippen LogP contribution in [0.3, 0.4) is 0 Å². The van der Waals surface area contributed by atoms with E-state index in [4.69, 9.17) is 9.47 Å². The number of nitrogens with zero attached hydrogens (tertiary/aromatic N) is 1. The van der Waals surface area contributed by atoms with E-state index in [1.165, 1.54) is 0 Å². The molecule has 1 fully saturated rings. The summed E-state index contributed by atoms with van der Waals surface area (Å²) < 4.78 is 12.3. The summed E-state index contributed by atoms with van der Waals surface area (Å²) in [5, 5.41) is 2.22. The monoisotopic (exact) mass is 600 g/mol. The lowest BCUT2D eigenvalue weighted by molar-refractivity contribution is -0.127. The predicted molar refractivity (Wildman–Crippen MR) is 144 cm³/mol. The van der Waals surface area contributed by atoms with Crippen LogP contribution in [0, 0.1) is 3.57 Å². The second kappa shape index (κ2) is 11.9. The first-order chi connectivity index (χ1) is 17.0. The Bertz CT molecular complexity index is 1230. The fourth-order valence-corrected chi connectivity index (χ4v) is 4.36. The van der Waals surface area contributed by atoms with Crippen LogP contribution in [0.5, 0.6) is 11.5 Å². The van der Waals surface area contributed by atoms with Gasteiger partial charge in [0, 0.05) is 9.26 Å². The predicted octanol–water partition coefficient (Wildman–Crippen LogP) is 5.42. The standard InChI is InChI=1S/C26H21IN2O5S/c27-19-8-10-20(11-9-19)28-24(30)17-29-25(31)23(35-26(29)32)16-18-6-12-22(13-7-18)34-15-14-33-21-4-2-1-3-5-21/h1-13,16H,14-15,17H2,(H,28,30)/b23-16+. The molecule has 3 amide bonds. The second-order valence-electron chi connectivity index (χ2n) is 7.40. The Morgan fingerprint density at radius 3 is 2.17 bits per heavy atom. The van der Waals surface area contributed by atoms with Crippen LogP contribution in [0.25, 0.3) is 6.08 Å². The molecule has 0 saturated carbocycles. The van der Waals surface area contributed by atoms with Crippen LogP contribution in [-0.2, 0) is 9.59 Å². The molecule has 9 heteroatoms. The Morgan fingerprint density at radius 2 is 1.51 bits per heavy atom. The maximum absolute atomic E-state index is 12.7. The van der Waals surface area contributed by atoms with Crippen LogP contribution in [0.4, 0.5) is 10.5 Å². The van der Waals surface area contributed by atoms with Crippen LogP contribution < -0.4 is 14.8 Å². The van der Waals surface area contributed by atoms with Crippen molar-refractivity contribution < 1.29 is 23.9 Å². The summed E-state index contributed by atoms with van der Waals surface area (Å²) in [5.41, 5.74) is 1.35. The van der Waals surface area contributed by atoms with Crippen molar-refractivity contribution in [2.75, 3.05) is 25.1 Å². The molecule has 7 nitrogen and oxygen atoms in total. The quantitative estimate of drug-likeness (QED) is 0.201. The molecule has 178 valence electrons. The van der Waals surface area contributed by atoms with Crippen molar-refractivity contribution in [2.24, 2.45) is 0 Å². The highest BCUT2D eigenvalue weighted by Crippen LogP contribution is 2.32.